The zero-order valence-electron chi connectivity index (χ0n) is 5.15. The summed E-state index contributed by atoms with van der Waals surface area (Å²) < 4.78 is 0. The Morgan fingerprint density at radius 2 is 2.50 bits per heavy atom. The highest BCUT2D eigenvalue weighted by atomic mass is 14.2. The molecule has 0 saturated carbocycles. The van der Waals surface area contributed by atoms with Crippen molar-refractivity contribution >= 4 is 0 Å². The Hall–Kier alpha value is -0.770. The van der Waals surface area contributed by atoms with Crippen LogP contribution in [0.15, 0.2) is 12.2 Å². The molecular weight excluding hydrogens is 98.1 g/mol. The van der Waals surface area contributed by atoms with Crippen molar-refractivity contribution in [2.24, 2.45) is 0 Å². The predicted octanol–water partition coefficient (Wildman–Crippen LogP) is 2.07. The second-order valence-electron chi connectivity index (χ2n) is 1.75. The lowest BCUT2D eigenvalue weighted by molar-refractivity contribution is 0.992. The van der Waals surface area contributed by atoms with Crippen molar-refractivity contribution in [3.05, 3.63) is 18.6 Å². The zero-order valence-corrected chi connectivity index (χ0v) is 5.15. The Labute approximate surface area is 50.6 Å². The Morgan fingerprint density at radius 3 is 2.88 bits per heavy atom. The van der Waals surface area contributed by atoms with Crippen LogP contribution in [0.4, 0.5) is 0 Å². The highest BCUT2D eigenvalue weighted by Gasteiger charge is 1.84. The largest absolute Gasteiger partial charge is 0.198 e. The smallest absolute Gasteiger partial charge is 0.0621 e. The van der Waals surface area contributed by atoms with Gasteiger partial charge in [0.05, 0.1) is 6.07 Å². The van der Waals surface area contributed by atoms with E-state index in [0.717, 1.165) is 12.0 Å². The average molecular weight is 108 g/mol. The Morgan fingerprint density at radius 1 is 1.88 bits per heavy atom. The van der Waals surface area contributed by atoms with Gasteiger partial charge in [-0.15, -0.1) is 0 Å². The molecule has 0 bridgehead atoms. The van der Waals surface area contributed by atoms with Crippen molar-refractivity contribution in [3.63, 3.8) is 0 Å². The second kappa shape index (κ2) is 4.39. The molecule has 0 heterocycles. The van der Waals surface area contributed by atoms with Crippen molar-refractivity contribution < 1.29 is 0 Å². The van der Waals surface area contributed by atoms with Gasteiger partial charge in [-0.3, -0.25) is 0 Å². The lowest BCUT2D eigenvalue weighted by Gasteiger charge is -1.90. The molecule has 0 atom stereocenters. The first-order chi connectivity index (χ1) is 3.77. The van der Waals surface area contributed by atoms with Crippen LogP contribution in [-0.4, -0.2) is 0 Å². The zero-order chi connectivity index (χ0) is 6.41. The molecule has 0 rings (SSSR count). The van der Waals surface area contributed by atoms with E-state index in [1.807, 2.05) is 13.3 Å². The van der Waals surface area contributed by atoms with Crippen LogP contribution in [0.5, 0.6) is 0 Å². The van der Waals surface area contributed by atoms with E-state index in [1.54, 1.807) is 0 Å². The van der Waals surface area contributed by atoms with Crippen molar-refractivity contribution in [1.29, 1.82) is 5.26 Å². The first-order valence-corrected chi connectivity index (χ1v) is 2.63. The monoisotopic (exact) mass is 108 g/mol. The maximum absolute atomic E-state index is 8.08. The molecule has 0 aliphatic heterocycles. The minimum absolute atomic E-state index is 0.604. The third-order valence-corrected chi connectivity index (χ3v) is 0.749. The highest BCUT2D eigenvalue weighted by Crippen LogP contribution is 1.99. The van der Waals surface area contributed by atoms with Crippen molar-refractivity contribution in [2.75, 3.05) is 0 Å². The molecule has 0 amide bonds. The van der Waals surface area contributed by atoms with Gasteiger partial charge in [-0.25, -0.2) is 0 Å². The number of rotatable bonds is 3. The third-order valence-electron chi connectivity index (χ3n) is 0.749. The molecule has 0 fully saturated rings. The van der Waals surface area contributed by atoms with E-state index in [-0.39, 0.29) is 0 Å². The Bertz CT molecular complexity index is 108. The molecule has 0 N–H and O–H groups in total. The average Bonchev–Trinajstić information content (AvgIpc) is 1.66. The standard InChI is InChI=1S/C7H10N/c1-7(2)5-3-4-6-8/h5H,1,3-4H2,2H3. The summed E-state index contributed by atoms with van der Waals surface area (Å²) in [6.07, 6.45) is 3.40. The van der Waals surface area contributed by atoms with E-state index in [1.165, 1.54) is 0 Å². The minimum Gasteiger partial charge on any atom is -0.198 e. The van der Waals surface area contributed by atoms with E-state index < -0.39 is 0 Å². The Kier molecular flexibility index (Phi) is 3.97. The van der Waals surface area contributed by atoms with Crippen LogP contribution in [0.2, 0.25) is 0 Å². The van der Waals surface area contributed by atoms with E-state index >= 15 is 0 Å². The van der Waals surface area contributed by atoms with Crippen molar-refractivity contribution in [2.45, 2.75) is 19.8 Å². The fraction of sp³-hybridized carbons (Fsp3) is 0.429. The number of allylic oxidation sites excluding steroid dienone is 1. The second-order valence-corrected chi connectivity index (χ2v) is 1.75. The lowest BCUT2D eigenvalue weighted by atomic mass is 10.1. The van der Waals surface area contributed by atoms with Gasteiger partial charge in [0, 0.05) is 6.42 Å². The molecule has 0 saturated heterocycles. The molecule has 43 valence electrons. The molecule has 1 nitrogen and oxygen atoms in total. The molecule has 1 radical (unpaired) electrons. The van der Waals surface area contributed by atoms with E-state index in [0.29, 0.717) is 6.42 Å². The molecule has 8 heavy (non-hydrogen) atoms. The number of nitrogens with zero attached hydrogens (tertiary/aromatic N) is 1. The fourth-order valence-electron chi connectivity index (χ4n) is 0.383. The summed E-state index contributed by atoms with van der Waals surface area (Å²) in [5.41, 5.74) is 1.04. The molecular formula is C7H10N. The predicted molar refractivity (Wildman–Crippen MR) is 34.0 cm³/mol. The van der Waals surface area contributed by atoms with Crippen LogP contribution in [0, 0.1) is 17.8 Å². The van der Waals surface area contributed by atoms with Crippen LogP contribution in [-0.2, 0) is 0 Å². The summed E-state index contributed by atoms with van der Waals surface area (Å²) >= 11 is 0. The van der Waals surface area contributed by atoms with Gasteiger partial charge in [0.15, 0.2) is 0 Å². The van der Waals surface area contributed by atoms with Crippen LogP contribution >= 0.6 is 0 Å². The number of hydrogen-bond acceptors (Lipinski definition) is 1. The van der Waals surface area contributed by atoms with Crippen molar-refractivity contribution in [1.82, 2.24) is 0 Å². The molecule has 0 spiro atoms. The number of hydrogen-bond donors (Lipinski definition) is 0. The fourth-order valence-corrected chi connectivity index (χ4v) is 0.383. The quantitative estimate of drug-likeness (QED) is 0.508. The SMILES string of the molecule is C=C(C)[CH]CCC#N. The summed E-state index contributed by atoms with van der Waals surface area (Å²) in [4.78, 5) is 0. The van der Waals surface area contributed by atoms with Gasteiger partial charge in [-0.2, -0.15) is 5.26 Å². The van der Waals surface area contributed by atoms with Gasteiger partial charge < -0.3 is 0 Å². The summed E-state index contributed by atoms with van der Waals surface area (Å²) in [5.74, 6) is 0. The maximum atomic E-state index is 8.08. The topological polar surface area (TPSA) is 23.8 Å². The van der Waals surface area contributed by atoms with Gasteiger partial charge in [0.2, 0.25) is 0 Å². The first-order valence-electron chi connectivity index (χ1n) is 2.63. The number of unbranched alkanes of at least 4 members (excludes halogenated alkanes) is 1. The molecule has 0 aromatic heterocycles. The van der Waals surface area contributed by atoms with Crippen LogP contribution in [0.1, 0.15) is 19.8 Å². The highest BCUT2D eigenvalue weighted by molar-refractivity contribution is 5.03. The van der Waals surface area contributed by atoms with E-state index in [9.17, 15) is 0 Å². The molecule has 0 unspecified atom stereocenters. The molecule has 0 aliphatic carbocycles. The Balaban J connectivity index is 2.97. The molecule has 0 aliphatic rings. The third kappa shape index (κ3) is 5.23. The van der Waals surface area contributed by atoms with Gasteiger partial charge >= 0.3 is 0 Å². The van der Waals surface area contributed by atoms with Crippen molar-refractivity contribution in [3.8, 4) is 6.07 Å². The van der Waals surface area contributed by atoms with Crippen LogP contribution < -0.4 is 0 Å². The summed E-state index contributed by atoms with van der Waals surface area (Å²) in [6, 6.07) is 2.05. The van der Waals surface area contributed by atoms with Crippen LogP contribution in [0.25, 0.3) is 0 Å². The maximum Gasteiger partial charge on any atom is 0.0621 e. The van der Waals surface area contributed by atoms with Gasteiger partial charge in [-0.1, -0.05) is 12.2 Å². The van der Waals surface area contributed by atoms with E-state index in [2.05, 4.69) is 12.6 Å². The molecule has 0 aromatic rings. The summed E-state index contributed by atoms with van der Waals surface area (Å²) in [7, 11) is 0. The van der Waals surface area contributed by atoms with E-state index in [4.69, 9.17) is 5.26 Å². The summed E-state index contributed by atoms with van der Waals surface area (Å²) in [6.45, 7) is 5.59. The van der Waals surface area contributed by atoms with Gasteiger partial charge in [0.25, 0.3) is 0 Å². The first kappa shape index (κ1) is 7.23. The molecule has 0 aromatic carbocycles. The minimum atomic E-state index is 0.604. The summed E-state index contributed by atoms with van der Waals surface area (Å²) in [5, 5.41) is 8.08. The molecule has 1 heteroatoms. The van der Waals surface area contributed by atoms with Gasteiger partial charge in [0.1, 0.15) is 0 Å². The van der Waals surface area contributed by atoms with Crippen LogP contribution in [0.3, 0.4) is 0 Å². The lowest BCUT2D eigenvalue weighted by Crippen LogP contribution is -1.74. The number of nitriles is 1. The normalized spacial score (nSPS) is 8.00. The van der Waals surface area contributed by atoms with Gasteiger partial charge in [-0.05, 0) is 19.8 Å².